The minimum atomic E-state index is -3.48. The molecule has 0 bridgehead atoms. The van der Waals surface area contributed by atoms with Crippen LogP contribution in [0.4, 0.5) is 0 Å². The van der Waals surface area contributed by atoms with Crippen LogP contribution in [0.1, 0.15) is 5.01 Å². The highest BCUT2D eigenvalue weighted by Crippen LogP contribution is 2.16. The molecule has 0 saturated heterocycles. The summed E-state index contributed by atoms with van der Waals surface area (Å²) in [5, 5.41) is 3.49. The molecule has 9 heteroatoms. The average Bonchev–Trinajstić information content (AvgIpc) is 3.00. The van der Waals surface area contributed by atoms with Gasteiger partial charge in [-0.2, -0.15) is 11.8 Å². The fourth-order valence-electron chi connectivity index (χ4n) is 1.70. The van der Waals surface area contributed by atoms with Gasteiger partial charge >= 0.3 is 0 Å². The van der Waals surface area contributed by atoms with Crippen molar-refractivity contribution in [1.82, 2.24) is 4.98 Å². The lowest BCUT2D eigenvalue weighted by molar-refractivity contribution is 0.599. The quantitative estimate of drug-likeness (QED) is 0.426. The number of hydrogen-bond donors (Lipinski definition) is 1. The number of aromatic nitrogens is 1. The molecule has 0 saturated carbocycles. The second-order valence-corrected chi connectivity index (χ2v) is 9.07. The van der Waals surface area contributed by atoms with Crippen LogP contribution < -0.4 is 5.73 Å². The maximum absolute atomic E-state index is 12.2. The van der Waals surface area contributed by atoms with Gasteiger partial charge in [-0.1, -0.05) is 11.6 Å². The highest BCUT2D eigenvalue weighted by Gasteiger charge is 2.16. The number of sulfone groups is 1. The van der Waals surface area contributed by atoms with E-state index in [1.807, 2.05) is 5.38 Å². The molecule has 2 rings (SSSR count). The van der Waals surface area contributed by atoms with Gasteiger partial charge in [0.1, 0.15) is 16.6 Å². The molecule has 2 N–H and O–H groups in total. The molecule has 124 valence electrons. The standard InChI is InChI=1S/C14H16ClN3O2S3/c15-11-1-3-12(4-2-11)23(19,20)10-13(16)17-5-7-21-9-14-18-6-8-22-14/h1-4,6,8H,5,7,9-10H2,(H2,16,17). The summed E-state index contributed by atoms with van der Waals surface area (Å²) in [5.41, 5.74) is 5.73. The van der Waals surface area contributed by atoms with E-state index in [9.17, 15) is 8.42 Å². The Balaban J connectivity index is 1.80. The zero-order valence-corrected chi connectivity index (χ0v) is 15.4. The highest BCUT2D eigenvalue weighted by molar-refractivity contribution is 7.98. The summed E-state index contributed by atoms with van der Waals surface area (Å²) in [4.78, 5) is 8.50. The third-order valence-electron chi connectivity index (χ3n) is 2.77. The summed E-state index contributed by atoms with van der Waals surface area (Å²) in [6.45, 7) is 0.484. The van der Waals surface area contributed by atoms with E-state index in [0.717, 1.165) is 16.5 Å². The third-order valence-corrected chi connectivity index (χ3v) is 6.60. The van der Waals surface area contributed by atoms with Crippen molar-refractivity contribution in [3.63, 3.8) is 0 Å². The molecule has 0 aliphatic heterocycles. The van der Waals surface area contributed by atoms with Gasteiger partial charge in [-0.05, 0) is 24.3 Å². The predicted octanol–water partition coefficient (Wildman–Crippen LogP) is 2.86. The number of benzene rings is 1. The van der Waals surface area contributed by atoms with Crippen molar-refractivity contribution in [3.8, 4) is 0 Å². The topological polar surface area (TPSA) is 85.4 Å². The van der Waals surface area contributed by atoms with Gasteiger partial charge in [0.05, 0.1) is 11.4 Å². The zero-order valence-electron chi connectivity index (χ0n) is 12.2. The van der Waals surface area contributed by atoms with Gasteiger partial charge in [0.15, 0.2) is 9.84 Å². The smallest absolute Gasteiger partial charge is 0.185 e. The van der Waals surface area contributed by atoms with Crippen LogP contribution in [0, 0.1) is 0 Å². The van der Waals surface area contributed by atoms with Crippen molar-refractivity contribution in [2.75, 3.05) is 18.1 Å². The van der Waals surface area contributed by atoms with E-state index >= 15 is 0 Å². The highest BCUT2D eigenvalue weighted by atomic mass is 35.5. The maximum atomic E-state index is 12.2. The molecule has 1 aromatic carbocycles. The Morgan fingerprint density at radius 2 is 2.09 bits per heavy atom. The van der Waals surface area contributed by atoms with Gasteiger partial charge in [0.25, 0.3) is 0 Å². The Hall–Kier alpha value is -1.09. The van der Waals surface area contributed by atoms with E-state index in [-0.39, 0.29) is 16.5 Å². The van der Waals surface area contributed by atoms with E-state index in [1.54, 1.807) is 29.3 Å². The number of aliphatic imine (C=N–C) groups is 1. The number of thioether (sulfide) groups is 1. The zero-order chi connectivity index (χ0) is 16.7. The molecule has 0 amide bonds. The van der Waals surface area contributed by atoms with Crippen LogP contribution in [-0.4, -0.2) is 37.3 Å². The van der Waals surface area contributed by atoms with Crippen LogP contribution in [0.2, 0.25) is 5.02 Å². The number of hydrogen-bond acceptors (Lipinski definition) is 6. The minimum absolute atomic E-state index is 0.120. The molecule has 0 unspecified atom stereocenters. The first-order chi connectivity index (χ1) is 11.0. The molecule has 0 fully saturated rings. The van der Waals surface area contributed by atoms with Crippen molar-refractivity contribution >= 4 is 50.4 Å². The molecule has 0 aliphatic carbocycles. The fraction of sp³-hybridized carbons (Fsp3) is 0.286. The first kappa shape index (κ1) is 18.3. The Morgan fingerprint density at radius 1 is 1.35 bits per heavy atom. The number of amidine groups is 1. The normalized spacial score (nSPS) is 12.5. The summed E-state index contributed by atoms with van der Waals surface area (Å²) < 4.78 is 24.4. The molecular weight excluding hydrogens is 374 g/mol. The van der Waals surface area contributed by atoms with Crippen molar-refractivity contribution in [3.05, 3.63) is 45.9 Å². The maximum Gasteiger partial charge on any atom is 0.185 e. The predicted molar refractivity (Wildman–Crippen MR) is 98.3 cm³/mol. The molecule has 5 nitrogen and oxygen atoms in total. The number of nitrogens with two attached hydrogens (primary N) is 1. The fourth-order valence-corrected chi connectivity index (χ4v) is 4.56. The second kappa shape index (κ2) is 8.68. The molecule has 23 heavy (non-hydrogen) atoms. The molecular formula is C14H16ClN3O2S3. The molecule has 0 atom stereocenters. The SMILES string of the molecule is NC(CS(=O)(=O)c1ccc(Cl)cc1)=NCCSCc1nccs1. The molecule has 0 radical (unpaired) electrons. The lowest BCUT2D eigenvalue weighted by Crippen LogP contribution is -2.24. The van der Waals surface area contributed by atoms with Crippen LogP contribution in [0.5, 0.6) is 0 Å². The van der Waals surface area contributed by atoms with Crippen molar-refractivity contribution in [2.45, 2.75) is 10.6 Å². The Kier molecular flexibility index (Phi) is 6.88. The molecule has 1 aromatic heterocycles. The number of thiazole rings is 1. The van der Waals surface area contributed by atoms with E-state index in [4.69, 9.17) is 17.3 Å². The summed E-state index contributed by atoms with van der Waals surface area (Å²) >= 11 is 9.06. The lowest BCUT2D eigenvalue weighted by atomic mass is 10.4. The van der Waals surface area contributed by atoms with Crippen LogP contribution in [0.3, 0.4) is 0 Å². The first-order valence-electron chi connectivity index (χ1n) is 6.70. The van der Waals surface area contributed by atoms with Gasteiger partial charge in [-0.3, -0.25) is 4.99 Å². The first-order valence-corrected chi connectivity index (χ1v) is 10.8. The van der Waals surface area contributed by atoms with Gasteiger partial charge in [-0.15, -0.1) is 11.3 Å². The van der Waals surface area contributed by atoms with Gasteiger partial charge in [0, 0.05) is 28.1 Å². The molecule has 0 spiro atoms. The van der Waals surface area contributed by atoms with E-state index in [2.05, 4.69) is 9.98 Å². The lowest BCUT2D eigenvalue weighted by Gasteiger charge is -2.04. The second-order valence-electron chi connectivity index (χ2n) is 4.56. The van der Waals surface area contributed by atoms with Gasteiger partial charge < -0.3 is 5.73 Å². The monoisotopic (exact) mass is 389 g/mol. The summed E-state index contributed by atoms with van der Waals surface area (Å²) in [5.74, 6) is 1.43. The third kappa shape index (κ3) is 6.14. The molecule has 2 aromatic rings. The van der Waals surface area contributed by atoms with Crippen LogP contribution in [0.25, 0.3) is 0 Å². The van der Waals surface area contributed by atoms with Crippen molar-refractivity contribution < 1.29 is 8.42 Å². The Bertz CT molecular complexity index is 744. The molecule has 0 aliphatic rings. The van der Waals surface area contributed by atoms with Gasteiger partial charge in [0.2, 0.25) is 0 Å². The Morgan fingerprint density at radius 3 is 2.74 bits per heavy atom. The van der Waals surface area contributed by atoms with Crippen LogP contribution >= 0.6 is 34.7 Å². The summed E-state index contributed by atoms with van der Waals surface area (Å²) in [7, 11) is -3.48. The largest absolute Gasteiger partial charge is 0.387 e. The number of rotatable bonds is 8. The number of halogens is 1. The van der Waals surface area contributed by atoms with Crippen molar-refractivity contribution in [1.29, 1.82) is 0 Å². The summed E-state index contributed by atoms with van der Waals surface area (Å²) in [6, 6.07) is 6.01. The van der Waals surface area contributed by atoms with E-state index < -0.39 is 9.84 Å². The summed E-state index contributed by atoms with van der Waals surface area (Å²) in [6.07, 6.45) is 1.78. The van der Waals surface area contributed by atoms with Crippen LogP contribution in [-0.2, 0) is 15.6 Å². The van der Waals surface area contributed by atoms with Crippen LogP contribution in [0.15, 0.2) is 45.7 Å². The Labute approximate surface area is 148 Å². The average molecular weight is 390 g/mol. The van der Waals surface area contributed by atoms with Gasteiger partial charge in [-0.25, -0.2) is 13.4 Å². The minimum Gasteiger partial charge on any atom is -0.387 e. The van der Waals surface area contributed by atoms with Crippen molar-refractivity contribution in [2.24, 2.45) is 10.7 Å². The van der Waals surface area contributed by atoms with E-state index in [0.29, 0.717) is 11.6 Å². The molecule has 1 heterocycles. The van der Waals surface area contributed by atoms with E-state index in [1.165, 1.54) is 24.3 Å². The number of nitrogens with zero attached hydrogens (tertiary/aromatic N) is 2.